The average molecular weight is 147 g/mol. The van der Waals surface area contributed by atoms with Gasteiger partial charge in [0.2, 0.25) is 0 Å². The van der Waals surface area contributed by atoms with Gasteiger partial charge in [-0.1, -0.05) is 6.58 Å². The highest BCUT2D eigenvalue weighted by Crippen LogP contribution is 2.27. The molecule has 1 saturated heterocycles. The Labute approximate surface area is 59.3 Å². The van der Waals surface area contributed by atoms with E-state index in [4.69, 9.17) is 0 Å². The summed E-state index contributed by atoms with van der Waals surface area (Å²) in [6, 6.07) is 0. The molecule has 0 aliphatic carbocycles. The van der Waals surface area contributed by atoms with Crippen molar-refractivity contribution in [1.82, 2.24) is 4.90 Å². The lowest BCUT2D eigenvalue weighted by Crippen LogP contribution is -2.36. The van der Waals surface area contributed by atoms with E-state index in [1.54, 1.807) is 6.20 Å². The summed E-state index contributed by atoms with van der Waals surface area (Å²) in [6.45, 7) is 4.40. The predicted octanol–water partition coefficient (Wildman–Crippen LogP) is 1.86. The third kappa shape index (κ3) is 1.69. The number of hydrogen-bond acceptors (Lipinski definition) is 1. The van der Waals surface area contributed by atoms with E-state index in [2.05, 4.69) is 6.58 Å². The molecule has 0 bridgehead atoms. The number of piperidine rings is 1. The minimum Gasteiger partial charge on any atom is -0.377 e. The number of nitrogens with zero attached hydrogens (tertiary/aromatic N) is 1. The molecular formula is C7H11F2N. The summed E-state index contributed by atoms with van der Waals surface area (Å²) < 4.78 is 24.9. The smallest absolute Gasteiger partial charge is 0.251 e. The van der Waals surface area contributed by atoms with Gasteiger partial charge >= 0.3 is 0 Å². The standard InChI is InChI=1S/C7H11F2N/c1-2-10-5-3-7(8,9)4-6-10/h2H,1,3-6H2. The van der Waals surface area contributed by atoms with Gasteiger partial charge < -0.3 is 4.90 Å². The van der Waals surface area contributed by atoms with Crippen molar-refractivity contribution in [1.29, 1.82) is 0 Å². The molecule has 0 amide bonds. The van der Waals surface area contributed by atoms with Gasteiger partial charge in [-0.05, 0) is 6.20 Å². The highest BCUT2D eigenvalue weighted by atomic mass is 19.3. The monoisotopic (exact) mass is 147 g/mol. The number of alkyl halides is 2. The molecule has 1 fully saturated rings. The molecule has 1 aliphatic rings. The molecule has 0 unspecified atom stereocenters. The Morgan fingerprint density at radius 2 is 1.80 bits per heavy atom. The predicted molar refractivity (Wildman–Crippen MR) is 36.0 cm³/mol. The second-order valence-electron chi connectivity index (χ2n) is 2.57. The molecule has 3 heteroatoms. The first kappa shape index (κ1) is 7.51. The molecule has 0 N–H and O–H groups in total. The topological polar surface area (TPSA) is 3.24 Å². The summed E-state index contributed by atoms with van der Waals surface area (Å²) in [5, 5.41) is 0. The van der Waals surface area contributed by atoms with Crippen molar-refractivity contribution in [3.8, 4) is 0 Å². The molecule has 58 valence electrons. The molecular weight excluding hydrogens is 136 g/mol. The van der Waals surface area contributed by atoms with Crippen LogP contribution >= 0.6 is 0 Å². The van der Waals surface area contributed by atoms with E-state index < -0.39 is 5.92 Å². The fourth-order valence-corrected chi connectivity index (χ4v) is 1.03. The first-order chi connectivity index (χ1) is 4.64. The van der Waals surface area contributed by atoms with Gasteiger partial charge in [-0.25, -0.2) is 8.78 Å². The van der Waals surface area contributed by atoms with Crippen molar-refractivity contribution in [2.45, 2.75) is 18.8 Å². The molecule has 0 aromatic carbocycles. The largest absolute Gasteiger partial charge is 0.377 e. The molecule has 10 heavy (non-hydrogen) atoms. The Morgan fingerprint density at radius 3 is 2.20 bits per heavy atom. The molecule has 1 nitrogen and oxygen atoms in total. The van der Waals surface area contributed by atoms with Crippen LogP contribution in [0, 0.1) is 0 Å². The molecule has 1 heterocycles. The van der Waals surface area contributed by atoms with Gasteiger partial charge in [-0.2, -0.15) is 0 Å². The van der Waals surface area contributed by atoms with Gasteiger partial charge in [-0.15, -0.1) is 0 Å². The van der Waals surface area contributed by atoms with Crippen molar-refractivity contribution in [3.05, 3.63) is 12.8 Å². The molecule has 0 spiro atoms. The summed E-state index contributed by atoms with van der Waals surface area (Å²) in [5.74, 6) is -2.43. The van der Waals surface area contributed by atoms with Crippen LogP contribution in [0.3, 0.4) is 0 Å². The number of hydrogen-bond donors (Lipinski definition) is 0. The Kier molecular flexibility index (Phi) is 1.92. The van der Waals surface area contributed by atoms with Crippen molar-refractivity contribution < 1.29 is 8.78 Å². The van der Waals surface area contributed by atoms with Crippen LogP contribution in [0.4, 0.5) is 8.78 Å². The van der Waals surface area contributed by atoms with E-state index >= 15 is 0 Å². The normalized spacial score (nSPS) is 24.4. The van der Waals surface area contributed by atoms with E-state index in [0.717, 1.165) is 0 Å². The van der Waals surface area contributed by atoms with E-state index in [9.17, 15) is 8.78 Å². The zero-order valence-corrected chi connectivity index (χ0v) is 5.82. The number of likely N-dealkylation sites (tertiary alicyclic amines) is 1. The maximum Gasteiger partial charge on any atom is 0.251 e. The lowest BCUT2D eigenvalue weighted by Gasteiger charge is -2.30. The van der Waals surface area contributed by atoms with Crippen LogP contribution in [-0.2, 0) is 0 Å². The first-order valence-electron chi connectivity index (χ1n) is 3.38. The number of halogens is 2. The first-order valence-corrected chi connectivity index (χ1v) is 3.38. The summed E-state index contributed by atoms with van der Waals surface area (Å²) in [6.07, 6.45) is 1.56. The summed E-state index contributed by atoms with van der Waals surface area (Å²) in [7, 11) is 0. The van der Waals surface area contributed by atoms with E-state index in [1.807, 2.05) is 4.90 Å². The van der Waals surface area contributed by atoms with E-state index in [1.165, 1.54) is 0 Å². The van der Waals surface area contributed by atoms with Crippen LogP contribution in [0.2, 0.25) is 0 Å². The molecule has 0 radical (unpaired) electrons. The van der Waals surface area contributed by atoms with Crippen molar-refractivity contribution in [3.63, 3.8) is 0 Å². The van der Waals surface area contributed by atoms with Crippen LogP contribution < -0.4 is 0 Å². The fraction of sp³-hybridized carbons (Fsp3) is 0.714. The minimum atomic E-state index is -2.43. The third-order valence-electron chi connectivity index (χ3n) is 1.79. The lowest BCUT2D eigenvalue weighted by atomic mass is 10.1. The average Bonchev–Trinajstić information content (AvgIpc) is 1.88. The Bertz CT molecular complexity index is 124. The minimum absolute atomic E-state index is 0.0288. The van der Waals surface area contributed by atoms with Crippen LogP contribution in [0.25, 0.3) is 0 Å². The highest BCUT2D eigenvalue weighted by molar-refractivity contribution is 4.82. The van der Waals surface area contributed by atoms with Crippen LogP contribution in [0.1, 0.15) is 12.8 Å². The Morgan fingerprint density at radius 1 is 1.30 bits per heavy atom. The van der Waals surface area contributed by atoms with E-state index in [-0.39, 0.29) is 12.8 Å². The zero-order valence-electron chi connectivity index (χ0n) is 5.82. The molecule has 1 aliphatic heterocycles. The van der Waals surface area contributed by atoms with Gasteiger partial charge in [0.15, 0.2) is 0 Å². The zero-order chi connectivity index (χ0) is 7.61. The van der Waals surface area contributed by atoms with Gasteiger partial charge in [0, 0.05) is 25.9 Å². The Hall–Kier alpha value is -0.600. The third-order valence-corrected chi connectivity index (χ3v) is 1.79. The van der Waals surface area contributed by atoms with Crippen molar-refractivity contribution in [2.75, 3.05) is 13.1 Å². The van der Waals surface area contributed by atoms with Crippen LogP contribution in [0.15, 0.2) is 12.8 Å². The second-order valence-corrected chi connectivity index (χ2v) is 2.57. The van der Waals surface area contributed by atoms with Crippen LogP contribution in [-0.4, -0.2) is 23.9 Å². The maximum atomic E-state index is 12.5. The Balaban J connectivity index is 2.38. The van der Waals surface area contributed by atoms with Gasteiger partial charge in [0.25, 0.3) is 5.92 Å². The van der Waals surface area contributed by atoms with Crippen LogP contribution in [0.5, 0.6) is 0 Å². The van der Waals surface area contributed by atoms with E-state index in [0.29, 0.717) is 13.1 Å². The number of rotatable bonds is 1. The molecule has 0 atom stereocenters. The lowest BCUT2D eigenvalue weighted by molar-refractivity contribution is -0.0468. The molecule has 0 saturated carbocycles. The quantitative estimate of drug-likeness (QED) is 0.547. The van der Waals surface area contributed by atoms with Crippen molar-refractivity contribution in [2.24, 2.45) is 0 Å². The maximum absolute atomic E-state index is 12.5. The molecule has 1 rings (SSSR count). The summed E-state index contributed by atoms with van der Waals surface area (Å²) in [4.78, 5) is 1.82. The van der Waals surface area contributed by atoms with Gasteiger partial charge in [0.05, 0.1) is 0 Å². The van der Waals surface area contributed by atoms with Crippen molar-refractivity contribution >= 4 is 0 Å². The van der Waals surface area contributed by atoms with Gasteiger partial charge in [0.1, 0.15) is 0 Å². The summed E-state index contributed by atoms with van der Waals surface area (Å²) in [5.41, 5.74) is 0. The SMILES string of the molecule is C=CN1CCC(F)(F)CC1. The van der Waals surface area contributed by atoms with Gasteiger partial charge in [-0.3, -0.25) is 0 Å². The fourth-order valence-electron chi connectivity index (χ4n) is 1.03. The second kappa shape index (κ2) is 2.56. The molecule has 0 aromatic heterocycles. The molecule has 0 aromatic rings. The summed E-state index contributed by atoms with van der Waals surface area (Å²) >= 11 is 0. The highest BCUT2D eigenvalue weighted by Gasteiger charge is 2.32.